The van der Waals surface area contributed by atoms with E-state index in [4.69, 9.17) is 4.98 Å². The second-order valence-electron chi connectivity index (χ2n) is 7.88. The number of hydrogen-bond acceptors (Lipinski definition) is 3. The van der Waals surface area contributed by atoms with Crippen LogP contribution < -0.4 is 0 Å². The molecule has 1 aliphatic heterocycles. The van der Waals surface area contributed by atoms with Gasteiger partial charge in [-0.15, -0.1) is 0 Å². The van der Waals surface area contributed by atoms with Crippen LogP contribution in [-0.4, -0.2) is 39.2 Å². The standard InChI is InChI=1S/C18H30N4/c1-2-7-16-19-17(21-20-16)15-12-22(14-8-3-4-9-14)13-18(15)10-5-6-11-18/h14-15H,2-13H2,1H3,(H,19,20,21). The molecule has 1 N–H and O–H groups in total. The van der Waals surface area contributed by atoms with Crippen LogP contribution in [0.2, 0.25) is 0 Å². The third-order valence-electron chi connectivity index (χ3n) is 6.46. The van der Waals surface area contributed by atoms with Crippen molar-refractivity contribution in [1.82, 2.24) is 20.1 Å². The lowest BCUT2D eigenvalue weighted by atomic mass is 9.76. The first-order chi connectivity index (χ1) is 10.8. The fraction of sp³-hybridized carbons (Fsp3) is 0.889. The van der Waals surface area contributed by atoms with Gasteiger partial charge in [0.25, 0.3) is 0 Å². The van der Waals surface area contributed by atoms with E-state index in [0.717, 1.165) is 30.5 Å². The number of H-pyrrole nitrogens is 1. The summed E-state index contributed by atoms with van der Waals surface area (Å²) >= 11 is 0. The second-order valence-corrected chi connectivity index (χ2v) is 7.88. The van der Waals surface area contributed by atoms with E-state index in [9.17, 15) is 0 Å². The van der Waals surface area contributed by atoms with Crippen molar-refractivity contribution in [2.24, 2.45) is 5.41 Å². The molecule has 1 aromatic heterocycles. The highest BCUT2D eigenvalue weighted by atomic mass is 15.3. The van der Waals surface area contributed by atoms with Gasteiger partial charge < -0.3 is 0 Å². The van der Waals surface area contributed by atoms with Crippen LogP contribution in [0.5, 0.6) is 0 Å². The monoisotopic (exact) mass is 302 g/mol. The minimum atomic E-state index is 0.480. The highest BCUT2D eigenvalue weighted by Crippen LogP contribution is 2.53. The lowest BCUT2D eigenvalue weighted by Gasteiger charge is -2.29. The fourth-order valence-corrected chi connectivity index (χ4v) is 5.31. The van der Waals surface area contributed by atoms with E-state index in [2.05, 4.69) is 22.0 Å². The average molecular weight is 302 g/mol. The molecule has 122 valence electrons. The van der Waals surface area contributed by atoms with Gasteiger partial charge >= 0.3 is 0 Å². The number of nitrogens with zero attached hydrogens (tertiary/aromatic N) is 3. The Kier molecular flexibility index (Phi) is 3.97. The number of hydrogen-bond donors (Lipinski definition) is 1. The Balaban J connectivity index is 1.57. The number of aromatic nitrogens is 3. The number of rotatable bonds is 4. The number of nitrogens with one attached hydrogen (secondary N) is 1. The number of likely N-dealkylation sites (tertiary alicyclic amines) is 1. The molecule has 1 spiro atoms. The lowest BCUT2D eigenvalue weighted by molar-refractivity contribution is 0.203. The van der Waals surface area contributed by atoms with Crippen LogP contribution in [0.25, 0.3) is 0 Å². The summed E-state index contributed by atoms with van der Waals surface area (Å²) in [6.45, 7) is 4.71. The predicted molar refractivity (Wildman–Crippen MR) is 87.8 cm³/mol. The van der Waals surface area contributed by atoms with Crippen LogP contribution in [0.15, 0.2) is 0 Å². The molecule has 3 aliphatic rings. The van der Waals surface area contributed by atoms with Crippen molar-refractivity contribution >= 4 is 0 Å². The largest absolute Gasteiger partial charge is 0.299 e. The Bertz CT molecular complexity index is 497. The van der Waals surface area contributed by atoms with Gasteiger partial charge in [-0.25, -0.2) is 4.98 Å². The Hall–Kier alpha value is -0.900. The van der Waals surface area contributed by atoms with E-state index in [1.807, 2.05) is 0 Å². The molecule has 2 heterocycles. The van der Waals surface area contributed by atoms with Gasteiger partial charge in [-0.1, -0.05) is 32.6 Å². The van der Waals surface area contributed by atoms with E-state index in [1.54, 1.807) is 0 Å². The molecule has 4 nitrogen and oxygen atoms in total. The zero-order valence-electron chi connectivity index (χ0n) is 14.0. The molecule has 2 aliphatic carbocycles. The third-order valence-corrected chi connectivity index (χ3v) is 6.46. The summed E-state index contributed by atoms with van der Waals surface area (Å²) < 4.78 is 0. The quantitative estimate of drug-likeness (QED) is 0.923. The van der Waals surface area contributed by atoms with Gasteiger partial charge in [0.1, 0.15) is 5.82 Å². The van der Waals surface area contributed by atoms with E-state index in [0.29, 0.717) is 11.3 Å². The molecule has 3 fully saturated rings. The molecule has 1 atom stereocenters. The highest BCUT2D eigenvalue weighted by molar-refractivity contribution is 5.14. The zero-order chi connectivity index (χ0) is 15.0. The maximum Gasteiger partial charge on any atom is 0.155 e. The topological polar surface area (TPSA) is 44.8 Å². The first-order valence-electron chi connectivity index (χ1n) is 9.46. The van der Waals surface area contributed by atoms with Gasteiger partial charge in [-0.3, -0.25) is 10.00 Å². The SMILES string of the molecule is CCCc1nc(C2CN(C3CCCC3)CC23CCCC3)n[nH]1. The van der Waals surface area contributed by atoms with E-state index < -0.39 is 0 Å². The molecule has 1 unspecified atom stereocenters. The summed E-state index contributed by atoms with van der Waals surface area (Å²) in [5.41, 5.74) is 0.480. The summed E-state index contributed by atoms with van der Waals surface area (Å²) in [4.78, 5) is 7.67. The first kappa shape index (κ1) is 14.7. The molecule has 1 aromatic rings. The van der Waals surface area contributed by atoms with Crippen LogP contribution >= 0.6 is 0 Å². The van der Waals surface area contributed by atoms with Crippen molar-refractivity contribution in [3.8, 4) is 0 Å². The van der Waals surface area contributed by atoms with E-state index in [1.165, 1.54) is 64.5 Å². The minimum absolute atomic E-state index is 0.480. The summed E-state index contributed by atoms with van der Waals surface area (Å²) in [5, 5.41) is 7.83. The normalized spacial score (nSPS) is 29.0. The average Bonchev–Trinajstić information content (AvgIpc) is 3.27. The van der Waals surface area contributed by atoms with Crippen molar-refractivity contribution in [3.05, 3.63) is 11.6 Å². The van der Waals surface area contributed by atoms with Crippen molar-refractivity contribution < 1.29 is 0 Å². The molecular formula is C18H30N4. The zero-order valence-corrected chi connectivity index (χ0v) is 14.0. The van der Waals surface area contributed by atoms with E-state index >= 15 is 0 Å². The van der Waals surface area contributed by atoms with Crippen molar-refractivity contribution in [3.63, 3.8) is 0 Å². The molecule has 2 saturated carbocycles. The molecule has 4 heteroatoms. The van der Waals surface area contributed by atoms with Crippen LogP contribution in [0.3, 0.4) is 0 Å². The Morgan fingerprint density at radius 1 is 1.18 bits per heavy atom. The summed E-state index contributed by atoms with van der Waals surface area (Å²) in [6.07, 6.45) is 13.4. The predicted octanol–water partition coefficient (Wildman–Crippen LogP) is 3.66. The van der Waals surface area contributed by atoms with Crippen LogP contribution in [0.4, 0.5) is 0 Å². The first-order valence-corrected chi connectivity index (χ1v) is 9.46. The molecule has 0 amide bonds. The molecule has 4 rings (SSSR count). The van der Waals surface area contributed by atoms with Crippen LogP contribution in [0, 0.1) is 5.41 Å². The van der Waals surface area contributed by atoms with Gasteiger partial charge in [0.05, 0.1) is 0 Å². The smallest absolute Gasteiger partial charge is 0.155 e. The number of aryl methyl sites for hydroxylation is 1. The minimum Gasteiger partial charge on any atom is -0.299 e. The number of aromatic amines is 1. The summed E-state index contributed by atoms with van der Waals surface area (Å²) in [7, 11) is 0. The van der Waals surface area contributed by atoms with Crippen molar-refractivity contribution in [2.45, 2.75) is 83.1 Å². The maximum atomic E-state index is 4.87. The van der Waals surface area contributed by atoms with Crippen molar-refractivity contribution in [2.75, 3.05) is 13.1 Å². The Morgan fingerprint density at radius 3 is 2.68 bits per heavy atom. The summed E-state index contributed by atoms with van der Waals surface area (Å²) in [5.74, 6) is 2.77. The second kappa shape index (κ2) is 5.95. The van der Waals surface area contributed by atoms with Gasteiger partial charge in [-0.05, 0) is 37.5 Å². The highest BCUT2D eigenvalue weighted by Gasteiger charge is 2.51. The Morgan fingerprint density at radius 2 is 1.95 bits per heavy atom. The Labute approximate surface area is 134 Å². The molecule has 0 radical (unpaired) electrons. The lowest BCUT2D eigenvalue weighted by Crippen LogP contribution is -2.33. The van der Waals surface area contributed by atoms with Crippen LogP contribution in [-0.2, 0) is 6.42 Å². The maximum absolute atomic E-state index is 4.87. The van der Waals surface area contributed by atoms with Gasteiger partial charge in [0.15, 0.2) is 5.82 Å². The van der Waals surface area contributed by atoms with Crippen molar-refractivity contribution in [1.29, 1.82) is 0 Å². The molecular weight excluding hydrogens is 272 g/mol. The molecule has 0 aromatic carbocycles. The van der Waals surface area contributed by atoms with E-state index in [-0.39, 0.29) is 0 Å². The molecule has 1 saturated heterocycles. The molecule has 0 bridgehead atoms. The summed E-state index contributed by atoms with van der Waals surface area (Å²) in [6, 6.07) is 0.844. The fourth-order valence-electron chi connectivity index (χ4n) is 5.31. The van der Waals surface area contributed by atoms with Crippen LogP contribution in [0.1, 0.15) is 82.3 Å². The molecule has 22 heavy (non-hydrogen) atoms. The van der Waals surface area contributed by atoms with Gasteiger partial charge in [0.2, 0.25) is 0 Å². The van der Waals surface area contributed by atoms with Gasteiger partial charge in [-0.2, -0.15) is 5.10 Å². The third kappa shape index (κ3) is 2.49. The van der Waals surface area contributed by atoms with Gasteiger partial charge in [0, 0.05) is 31.5 Å².